The van der Waals surface area contributed by atoms with E-state index < -0.39 is 0 Å². The first kappa shape index (κ1) is 21.9. The fourth-order valence-electron chi connectivity index (χ4n) is 3.34. The number of benzene rings is 3. The molecule has 4 rings (SSSR count). The van der Waals surface area contributed by atoms with Gasteiger partial charge < -0.3 is 14.2 Å². The van der Waals surface area contributed by atoms with Gasteiger partial charge in [-0.15, -0.1) is 0 Å². The van der Waals surface area contributed by atoms with Crippen molar-refractivity contribution in [2.75, 3.05) is 26.9 Å². The first-order valence-corrected chi connectivity index (χ1v) is 10.6. The average molecular weight is 451 g/mol. The molecule has 0 atom stereocenters. The summed E-state index contributed by atoms with van der Waals surface area (Å²) in [6.45, 7) is 1.53. The van der Waals surface area contributed by atoms with Crippen molar-refractivity contribution in [2.45, 2.75) is 6.54 Å². The largest absolute Gasteiger partial charge is 0.497 e. The van der Waals surface area contributed by atoms with Gasteiger partial charge in [0.15, 0.2) is 0 Å². The molecular formula is C25H23ClN2O4. The van der Waals surface area contributed by atoms with Crippen LogP contribution in [0, 0.1) is 0 Å². The predicted molar refractivity (Wildman–Crippen MR) is 126 cm³/mol. The highest BCUT2D eigenvalue weighted by Gasteiger charge is 2.13. The van der Waals surface area contributed by atoms with Crippen LogP contribution in [0.3, 0.4) is 0 Å². The van der Waals surface area contributed by atoms with Crippen molar-refractivity contribution in [1.82, 2.24) is 9.55 Å². The molecule has 0 N–H and O–H groups in total. The molecule has 32 heavy (non-hydrogen) atoms. The predicted octanol–water partition coefficient (Wildman–Crippen LogP) is 4.82. The van der Waals surface area contributed by atoms with Crippen LogP contribution in [0.4, 0.5) is 0 Å². The number of hydrogen-bond acceptors (Lipinski definition) is 5. The lowest BCUT2D eigenvalue weighted by Crippen LogP contribution is -2.26. The second kappa shape index (κ2) is 10.3. The minimum absolute atomic E-state index is 0.0950. The summed E-state index contributed by atoms with van der Waals surface area (Å²) in [4.78, 5) is 17.9. The fraction of sp³-hybridized carbons (Fsp3) is 0.200. The van der Waals surface area contributed by atoms with Gasteiger partial charge in [0.25, 0.3) is 5.56 Å². The van der Waals surface area contributed by atoms with Crippen LogP contribution in [0.2, 0.25) is 5.02 Å². The molecule has 0 fully saturated rings. The van der Waals surface area contributed by atoms with Gasteiger partial charge in [0.05, 0.1) is 37.8 Å². The van der Waals surface area contributed by atoms with E-state index in [1.165, 1.54) is 0 Å². The topological polar surface area (TPSA) is 62.6 Å². The highest BCUT2D eigenvalue weighted by Crippen LogP contribution is 2.22. The smallest absolute Gasteiger partial charge is 0.261 e. The van der Waals surface area contributed by atoms with Crippen molar-refractivity contribution in [3.8, 4) is 22.9 Å². The number of halogens is 1. The van der Waals surface area contributed by atoms with Crippen molar-refractivity contribution >= 4 is 22.5 Å². The van der Waals surface area contributed by atoms with E-state index in [0.29, 0.717) is 48.1 Å². The number of rotatable bonds is 9. The third kappa shape index (κ3) is 5.10. The Bertz CT molecular complexity index is 1240. The summed E-state index contributed by atoms with van der Waals surface area (Å²) in [6, 6.07) is 22.0. The van der Waals surface area contributed by atoms with Crippen molar-refractivity contribution in [2.24, 2.45) is 0 Å². The quantitative estimate of drug-likeness (QED) is 0.342. The van der Waals surface area contributed by atoms with E-state index in [4.69, 9.17) is 30.8 Å². The molecule has 0 unspecified atom stereocenters. The Morgan fingerprint density at radius 1 is 0.875 bits per heavy atom. The maximum Gasteiger partial charge on any atom is 0.261 e. The SMILES string of the molecule is COc1ccc(-c2nc3ccccc3c(=O)n2CCOCCOc2ccc(Cl)cc2)cc1. The number of methoxy groups -OCH3 is 1. The highest BCUT2D eigenvalue weighted by molar-refractivity contribution is 6.30. The van der Waals surface area contributed by atoms with E-state index in [9.17, 15) is 4.79 Å². The van der Waals surface area contributed by atoms with Gasteiger partial charge in [-0.3, -0.25) is 9.36 Å². The Morgan fingerprint density at radius 2 is 1.59 bits per heavy atom. The Morgan fingerprint density at radius 3 is 2.34 bits per heavy atom. The first-order chi connectivity index (χ1) is 15.7. The van der Waals surface area contributed by atoms with Crippen LogP contribution in [0.5, 0.6) is 11.5 Å². The van der Waals surface area contributed by atoms with Gasteiger partial charge in [-0.25, -0.2) is 4.98 Å². The van der Waals surface area contributed by atoms with Gasteiger partial charge in [0.1, 0.15) is 23.9 Å². The van der Waals surface area contributed by atoms with E-state index in [-0.39, 0.29) is 5.56 Å². The molecule has 0 aliphatic carbocycles. The van der Waals surface area contributed by atoms with Crippen LogP contribution in [-0.2, 0) is 11.3 Å². The molecule has 0 aliphatic rings. The Hall–Kier alpha value is -3.35. The monoisotopic (exact) mass is 450 g/mol. The van der Waals surface area contributed by atoms with E-state index in [2.05, 4.69) is 0 Å². The lowest BCUT2D eigenvalue weighted by Gasteiger charge is -2.14. The molecule has 0 amide bonds. The van der Waals surface area contributed by atoms with E-state index in [1.54, 1.807) is 29.9 Å². The molecular weight excluding hydrogens is 428 g/mol. The standard InChI is InChI=1S/C25H23ClN2O4/c1-30-20-10-6-18(7-11-20)24-27-23-5-3-2-4-22(23)25(29)28(24)14-15-31-16-17-32-21-12-8-19(26)9-13-21/h2-13H,14-17H2,1H3. The zero-order valence-electron chi connectivity index (χ0n) is 17.7. The molecule has 0 aliphatic heterocycles. The molecule has 6 nitrogen and oxygen atoms in total. The molecule has 0 saturated heterocycles. The average Bonchev–Trinajstić information content (AvgIpc) is 2.83. The van der Waals surface area contributed by atoms with Crippen molar-refractivity contribution in [1.29, 1.82) is 0 Å². The Labute approximate surface area is 191 Å². The molecule has 1 aromatic heterocycles. The summed E-state index contributed by atoms with van der Waals surface area (Å²) in [5.74, 6) is 2.07. The summed E-state index contributed by atoms with van der Waals surface area (Å²) in [7, 11) is 1.62. The van der Waals surface area contributed by atoms with E-state index in [1.807, 2.05) is 54.6 Å². The van der Waals surface area contributed by atoms with Crippen LogP contribution in [0.1, 0.15) is 0 Å². The highest BCUT2D eigenvalue weighted by atomic mass is 35.5. The Balaban J connectivity index is 1.47. The van der Waals surface area contributed by atoms with Crippen LogP contribution in [0.25, 0.3) is 22.3 Å². The van der Waals surface area contributed by atoms with Crippen molar-refractivity contribution < 1.29 is 14.2 Å². The van der Waals surface area contributed by atoms with Gasteiger partial charge in [0.2, 0.25) is 0 Å². The molecule has 7 heteroatoms. The van der Waals surface area contributed by atoms with Crippen LogP contribution in [0.15, 0.2) is 77.6 Å². The maximum atomic E-state index is 13.2. The van der Waals surface area contributed by atoms with Gasteiger partial charge >= 0.3 is 0 Å². The van der Waals surface area contributed by atoms with Gasteiger partial charge in [-0.05, 0) is 60.7 Å². The number of para-hydroxylation sites is 1. The van der Waals surface area contributed by atoms with Gasteiger partial charge in [-0.2, -0.15) is 0 Å². The molecule has 0 bridgehead atoms. The third-order valence-corrected chi connectivity index (χ3v) is 5.23. The summed E-state index contributed by atoms with van der Waals surface area (Å²) >= 11 is 5.87. The van der Waals surface area contributed by atoms with E-state index in [0.717, 1.165) is 17.1 Å². The number of ether oxygens (including phenoxy) is 3. The van der Waals surface area contributed by atoms with Crippen molar-refractivity contribution in [3.05, 3.63) is 88.2 Å². The molecule has 0 saturated carbocycles. The normalized spacial score (nSPS) is 10.9. The number of hydrogen-bond donors (Lipinski definition) is 0. The van der Waals surface area contributed by atoms with Gasteiger partial charge in [-0.1, -0.05) is 23.7 Å². The summed E-state index contributed by atoms with van der Waals surface area (Å²) in [5.41, 5.74) is 1.40. The van der Waals surface area contributed by atoms with Crippen LogP contribution >= 0.6 is 11.6 Å². The number of nitrogens with zero attached hydrogens (tertiary/aromatic N) is 2. The molecule has 164 valence electrons. The molecule has 0 spiro atoms. The van der Waals surface area contributed by atoms with Crippen LogP contribution in [-0.4, -0.2) is 36.5 Å². The minimum atomic E-state index is -0.0950. The van der Waals surface area contributed by atoms with E-state index >= 15 is 0 Å². The van der Waals surface area contributed by atoms with Gasteiger partial charge in [0, 0.05) is 10.6 Å². The summed E-state index contributed by atoms with van der Waals surface area (Å²) in [6.07, 6.45) is 0. The summed E-state index contributed by atoms with van der Waals surface area (Å²) < 4.78 is 18.3. The molecule has 4 aromatic rings. The zero-order valence-corrected chi connectivity index (χ0v) is 18.4. The first-order valence-electron chi connectivity index (χ1n) is 10.3. The molecule has 0 radical (unpaired) electrons. The second-order valence-corrected chi connectivity index (χ2v) is 7.49. The third-order valence-electron chi connectivity index (χ3n) is 4.98. The summed E-state index contributed by atoms with van der Waals surface area (Å²) in [5, 5.41) is 1.24. The molecule has 3 aromatic carbocycles. The molecule has 1 heterocycles. The lowest BCUT2D eigenvalue weighted by molar-refractivity contribution is 0.0941. The van der Waals surface area contributed by atoms with Crippen LogP contribution < -0.4 is 15.0 Å². The minimum Gasteiger partial charge on any atom is -0.497 e. The Kier molecular flexibility index (Phi) is 7.04. The number of fused-ring (bicyclic) bond motifs is 1. The number of aromatic nitrogens is 2. The zero-order chi connectivity index (χ0) is 22.3. The maximum absolute atomic E-state index is 13.2. The lowest BCUT2D eigenvalue weighted by atomic mass is 10.1. The second-order valence-electron chi connectivity index (χ2n) is 7.05. The fourth-order valence-corrected chi connectivity index (χ4v) is 3.47. The van der Waals surface area contributed by atoms with Crippen molar-refractivity contribution in [3.63, 3.8) is 0 Å².